The van der Waals surface area contributed by atoms with Gasteiger partial charge in [-0.3, -0.25) is 14.5 Å². The second-order valence-electron chi connectivity index (χ2n) is 5.15. The van der Waals surface area contributed by atoms with Crippen molar-refractivity contribution in [3.05, 3.63) is 71.4 Å². The largest absolute Gasteiger partial charge is 0.497 e. The summed E-state index contributed by atoms with van der Waals surface area (Å²) in [6.45, 7) is 0. The number of ether oxygens (including phenoxy) is 1. The minimum absolute atomic E-state index is 0.0296. The topological polar surface area (TPSA) is 101 Å². The molecule has 0 saturated carbocycles. The molecule has 7 nitrogen and oxygen atoms in total. The van der Waals surface area contributed by atoms with Crippen molar-refractivity contribution in [1.82, 2.24) is 9.97 Å². The van der Waals surface area contributed by atoms with Gasteiger partial charge < -0.3 is 9.72 Å². The van der Waals surface area contributed by atoms with Crippen LogP contribution in [0.25, 0.3) is 11.1 Å². The maximum absolute atomic E-state index is 12.5. The van der Waals surface area contributed by atoms with Crippen LogP contribution in [-0.2, 0) is 10.0 Å². The lowest BCUT2D eigenvalue weighted by Gasteiger charge is -2.09. The van der Waals surface area contributed by atoms with E-state index in [0.29, 0.717) is 11.3 Å². The van der Waals surface area contributed by atoms with Gasteiger partial charge in [-0.25, -0.2) is 8.42 Å². The highest BCUT2D eigenvalue weighted by molar-refractivity contribution is 7.92. The molecular weight excluding hydrogens is 342 g/mol. The molecule has 0 aliphatic rings. The molecule has 8 heteroatoms. The molecule has 0 aliphatic carbocycles. The van der Waals surface area contributed by atoms with Crippen molar-refractivity contribution >= 4 is 15.7 Å². The number of benzene rings is 1. The lowest BCUT2D eigenvalue weighted by molar-refractivity contribution is 0.414. The van der Waals surface area contributed by atoms with Crippen molar-refractivity contribution in [1.29, 1.82) is 0 Å². The van der Waals surface area contributed by atoms with E-state index in [4.69, 9.17) is 4.74 Å². The standard InChI is InChI=1S/C17H15N3O4S/c1-24-14-2-4-15(5-3-14)25(22,23)20-16-10-13(11-19-17(16)21)12-6-8-18-9-7-12/h2-11,20H,1H3,(H,19,21). The zero-order valence-corrected chi connectivity index (χ0v) is 14.1. The third kappa shape index (κ3) is 3.69. The summed E-state index contributed by atoms with van der Waals surface area (Å²) in [7, 11) is -2.41. The molecule has 1 aromatic carbocycles. The first-order chi connectivity index (χ1) is 12.0. The van der Waals surface area contributed by atoms with E-state index >= 15 is 0 Å². The Morgan fingerprint density at radius 1 is 1.04 bits per heavy atom. The number of anilines is 1. The average molecular weight is 357 g/mol. The summed E-state index contributed by atoms with van der Waals surface area (Å²) >= 11 is 0. The maximum atomic E-state index is 12.5. The fraction of sp³-hybridized carbons (Fsp3) is 0.0588. The number of sulfonamides is 1. The van der Waals surface area contributed by atoms with Crippen LogP contribution in [0.15, 0.2) is 70.7 Å². The highest BCUT2D eigenvalue weighted by Crippen LogP contribution is 2.21. The number of pyridine rings is 2. The third-order valence-corrected chi connectivity index (χ3v) is 4.91. The van der Waals surface area contributed by atoms with Crippen molar-refractivity contribution in [3.8, 4) is 16.9 Å². The molecule has 0 bridgehead atoms. The van der Waals surface area contributed by atoms with E-state index in [0.717, 1.165) is 5.56 Å². The van der Waals surface area contributed by atoms with Crippen LogP contribution in [0, 0.1) is 0 Å². The second-order valence-corrected chi connectivity index (χ2v) is 6.83. The highest BCUT2D eigenvalue weighted by atomic mass is 32.2. The van der Waals surface area contributed by atoms with E-state index in [-0.39, 0.29) is 10.6 Å². The number of nitrogens with zero attached hydrogens (tertiary/aromatic N) is 1. The van der Waals surface area contributed by atoms with E-state index in [1.54, 1.807) is 24.5 Å². The molecule has 0 fully saturated rings. The fourth-order valence-electron chi connectivity index (χ4n) is 2.23. The zero-order chi connectivity index (χ0) is 17.9. The molecule has 0 saturated heterocycles. The summed E-state index contributed by atoms with van der Waals surface area (Å²) in [6.07, 6.45) is 4.74. The lowest BCUT2D eigenvalue weighted by Crippen LogP contribution is -2.20. The minimum Gasteiger partial charge on any atom is -0.497 e. The van der Waals surface area contributed by atoms with Crippen molar-refractivity contribution in [2.24, 2.45) is 0 Å². The van der Waals surface area contributed by atoms with Crippen LogP contribution in [-0.4, -0.2) is 25.5 Å². The van der Waals surface area contributed by atoms with Gasteiger partial charge in [0.15, 0.2) is 0 Å². The SMILES string of the molecule is COc1ccc(S(=O)(=O)Nc2cc(-c3ccncc3)c[nH]c2=O)cc1. The number of H-pyrrole nitrogens is 1. The van der Waals surface area contributed by atoms with E-state index in [1.807, 2.05) is 0 Å². The number of hydrogen-bond acceptors (Lipinski definition) is 5. The minimum atomic E-state index is -3.90. The average Bonchev–Trinajstić information content (AvgIpc) is 2.64. The summed E-state index contributed by atoms with van der Waals surface area (Å²) in [5.74, 6) is 0.538. The summed E-state index contributed by atoms with van der Waals surface area (Å²) < 4.78 is 32.3. The van der Waals surface area contributed by atoms with Crippen LogP contribution in [0.2, 0.25) is 0 Å². The van der Waals surface area contributed by atoms with Gasteiger partial charge in [0.1, 0.15) is 11.4 Å². The van der Waals surface area contributed by atoms with Gasteiger partial charge in [0, 0.05) is 24.2 Å². The molecule has 0 amide bonds. The molecule has 0 radical (unpaired) electrons. The third-order valence-electron chi connectivity index (χ3n) is 3.53. The Morgan fingerprint density at radius 2 is 1.72 bits per heavy atom. The molecule has 0 spiro atoms. The first kappa shape index (κ1) is 16.7. The van der Waals surface area contributed by atoms with Gasteiger partial charge in [0.25, 0.3) is 15.6 Å². The summed E-state index contributed by atoms with van der Waals surface area (Å²) in [5, 5.41) is 0. The predicted octanol–water partition coefficient (Wildman–Crippen LogP) is 2.25. The Kier molecular flexibility index (Phi) is 4.53. The number of aromatic amines is 1. The molecule has 3 aromatic rings. The molecule has 2 N–H and O–H groups in total. The fourth-order valence-corrected chi connectivity index (χ4v) is 3.28. The summed E-state index contributed by atoms with van der Waals surface area (Å²) in [4.78, 5) is 18.5. The molecule has 2 heterocycles. The highest BCUT2D eigenvalue weighted by Gasteiger charge is 2.16. The van der Waals surface area contributed by atoms with Crippen LogP contribution < -0.4 is 15.0 Å². The Balaban J connectivity index is 1.95. The molecule has 25 heavy (non-hydrogen) atoms. The monoisotopic (exact) mass is 357 g/mol. The van der Waals surface area contributed by atoms with Crippen molar-refractivity contribution < 1.29 is 13.2 Å². The predicted molar refractivity (Wildman–Crippen MR) is 94.1 cm³/mol. The summed E-state index contributed by atoms with van der Waals surface area (Å²) in [6, 6.07) is 10.9. The quantitative estimate of drug-likeness (QED) is 0.729. The maximum Gasteiger partial charge on any atom is 0.272 e. The first-order valence-corrected chi connectivity index (χ1v) is 8.78. The van der Waals surface area contributed by atoms with Gasteiger partial charge >= 0.3 is 0 Å². The van der Waals surface area contributed by atoms with Crippen LogP contribution >= 0.6 is 0 Å². The van der Waals surface area contributed by atoms with Gasteiger partial charge in [-0.05, 0) is 48.0 Å². The second kappa shape index (κ2) is 6.78. The number of methoxy groups -OCH3 is 1. The Morgan fingerprint density at radius 3 is 2.36 bits per heavy atom. The Labute approximate surface area is 144 Å². The summed E-state index contributed by atoms with van der Waals surface area (Å²) in [5.41, 5.74) is 0.866. The Bertz CT molecular complexity index is 1030. The number of rotatable bonds is 5. The normalized spacial score (nSPS) is 11.1. The van der Waals surface area contributed by atoms with E-state index in [9.17, 15) is 13.2 Å². The van der Waals surface area contributed by atoms with Gasteiger partial charge in [0.2, 0.25) is 0 Å². The van der Waals surface area contributed by atoms with Gasteiger partial charge in [0.05, 0.1) is 12.0 Å². The lowest BCUT2D eigenvalue weighted by atomic mass is 10.1. The van der Waals surface area contributed by atoms with Crippen molar-refractivity contribution in [3.63, 3.8) is 0 Å². The molecule has 2 aromatic heterocycles. The number of aromatic nitrogens is 2. The van der Waals surface area contributed by atoms with Crippen LogP contribution in [0.5, 0.6) is 5.75 Å². The first-order valence-electron chi connectivity index (χ1n) is 7.29. The van der Waals surface area contributed by atoms with Gasteiger partial charge in [-0.15, -0.1) is 0 Å². The number of nitrogens with one attached hydrogen (secondary N) is 2. The van der Waals surface area contributed by atoms with Crippen molar-refractivity contribution in [2.45, 2.75) is 4.90 Å². The van der Waals surface area contributed by atoms with Gasteiger partial charge in [-0.1, -0.05) is 0 Å². The Hall–Kier alpha value is -3.13. The molecule has 0 atom stereocenters. The molecule has 3 rings (SSSR count). The van der Waals surface area contributed by atoms with Crippen molar-refractivity contribution in [2.75, 3.05) is 11.8 Å². The van der Waals surface area contributed by atoms with Gasteiger partial charge in [-0.2, -0.15) is 0 Å². The molecule has 0 aliphatic heterocycles. The van der Waals surface area contributed by atoms with Crippen LogP contribution in [0.3, 0.4) is 0 Å². The van der Waals surface area contributed by atoms with E-state index < -0.39 is 15.6 Å². The van der Waals surface area contributed by atoms with Crippen LogP contribution in [0.4, 0.5) is 5.69 Å². The molecule has 0 unspecified atom stereocenters. The molecular formula is C17H15N3O4S. The smallest absolute Gasteiger partial charge is 0.272 e. The van der Waals surface area contributed by atoms with E-state index in [2.05, 4.69) is 14.7 Å². The zero-order valence-electron chi connectivity index (χ0n) is 13.3. The molecule has 128 valence electrons. The van der Waals surface area contributed by atoms with E-state index in [1.165, 1.54) is 43.6 Å². The van der Waals surface area contributed by atoms with Crippen LogP contribution in [0.1, 0.15) is 0 Å². The number of hydrogen-bond donors (Lipinski definition) is 2.